The summed E-state index contributed by atoms with van der Waals surface area (Å²) < 4.78 is 0. The van der Waals surface area contributed by atoms with E-state index in [1.54, 1.807) is 6.92 Å². The average molecular weight is 170 g/mol. The minimum atomic E-state index is 0.230. The summed E-state index contributed by atoms with van der Waals surface area (Å²) in [5, 5.41) is 3.12. The highest BCUT2D eigenvalue weighted by Crippen LogP contribution is 2.19. The maximum atomic E-state index is 11.1. The fraction of sp³-hybridized carbons (Fsp3) is 0.889. The van der Waals surface area contributed by atoms with Crippen molar-refractivity contribution in [3.05, 3.63) is 0 Å². The quantitative estimate of drug-likeness (QED) is 0.673. The Bertz CT molecular complexity index is 159. The Balaban J connectivity index is 2.35. The fourth-order valence-electron chi connectivity index (χ4n) is 1.86. The Morgan fingerprint density at radius 3 is 3.00 bits per heavy atom. The molecule has 1 unspecified atom stereocenters. The van der Waals surface area contributed by atoms with Gasteiger partial charge in [-0.05, 0) is 32.9 Å². The summed E-state index contributed by atoms with van der Waals surface area (Å²) in [5.41, 5.74) is 0. The van der Waals surface area contributed by atoms with Gasteiger partial charge in [-0.15, -0.1) is 0 Å². The average Bonchev–Trinajstić information content (AvgIpc) is 2.48. The molecule has 1 rings (SSSR count). The Labute approximate surface area is 74.1 Å². The molecule has 0 saturated carbocycles. The molecule has 0 aromatic heterocycles. The summed E-state index contributed by atoms with van der Waals surface area (Å²) in [6.45, 7) is 3.63. The highest BCUT2D eigenvalue weighted by molar-refractivity contribution is 5.73. The largest absolute Gasteiger partial charge is 0.340 e. The van der Waals surface area contributed by atoms with Gasteiger partial charge in [0.15, 0.2) is 0 Å². The van der Waals surface area contributed by atoms with Gasteiger partial charge in [-0.3, -0.25) is 4.79 Å². The highest BCUT2D eigenvalue weighted by atomic mass is 16.2. The summed E-state index contributed by atoms with van der Waals surface area (Å²) in [5.74, 6) is 0.230. The molecule has 1 N–H and O–H groups in total. The molecule has 1 saturated heterocycles. The van der Waals surface area contributed by atoms with E-state index in [1.807, 2.05) is 11.9 Å². The molecule has 0 bridgehead atoms. The first kappa shape index (κ1) is 9.52. The SMILES string of the molecule is CNCCC1CCCN1C(C)=O. The van der Waals surface area contributed by atoms with Gasteiger partial charge in [0.1, 0.15) is 0 Å². The fourth-order valence-corrected chi connectivity index (χ4v) is 1.86. The first-order valence-electron chi connectivity index (χ1n) is 4.67. The van der Waals surface area contributed by atoms with E-state index >= 15 is 0 Å². The van der Waals surface area contributed by atoms with E-state index in [2.05, 4.69) is 5.32 Å². The predicted molar refractivity (Wildman–Crippen MR) is 49.0 cm³/mol. The summed E-state index contributed by atoms with van der Waals surface area (Å²) in [6.07, 6.45) is 3.45. The lowest BCUT2D eigenvalue weighted by Gasteiger charge is -2.22. The van der Waals surface area contributed by atoms with Crippen molar-refractivity contribution in [3.8, 4) is 0 Å². The summed E-state index contributed by atoms with van der Waals surface area (Å²) >= 11 is 0. The van der Waals surface area contributed by atoms with Crippen LogP contribution in [0, 0.1) is 0 Å². The molecule has 0 spiro atoms. The molecule has 3 nitrogen and oxygen atoms in total. The molecule has 1 atom stereocenters. The van der Waals surface area contributed by atoms with E-state index in [1.165, 1.54) is 12.8 Å². The maximum absolute atomic E-state index is 11.1. The van der Waals surface area contributed by atoms with Crippen molar-refractivity contribution in [3.63, 3.8) is 0 Å². The van der Waals surface area contributed by atoms with Crippen LogP contribution in [-0.4, -0.2) is 37.0 Å². The second-order valence-electron chi connectivity index (χ2n) is 3.40. The van der Waals surface area contributed by atoms with Crippen LogP contribution >= 0.6 is 0 Å². The summed E-state index contributed by atoms with van der Waals surface area (Å²) in [7, 11) is 1.95. The minimum absolute atomic E-state index is 0.230. The molecule has 12 heavy (non-hydrogen) atoms. The number of likely N-dealkylation sites (tertiary alicyclic amines) is 1. The molecule has 0 aromatic rings. The van der Waals surface area contributed by atoms with Gasteiger partial charge in [0, 0.05) is 19.5 Å². The van der Waals surface area contributed by atoms with Gasteiger partial charge < -0.3 is 10.2 Å². The van der Waals surface area contributed by atoms with Gasteiger partial charge >= 0.3 is 0 Å². The van der Waals surface area contributed by atoms with Crippen LogP contribution in [0.2, 0.25) is 0 Å². The van der Waals surface area contributed by atoms with Crippen molar-refractivity contribution >= 4 is 5.91 Å². The van der Waals surface area contributed by atoms with E-state index in [-0.39, 0.29) is 5.91 Å². The molecule has 1 aliphatic rings. The molecule has 1 heterocycles. The smallest absolute Gasteiger partial charge is 0.219 e. The molecule has 3 heteroatoms. The third-order valence-corrected chi connectivity index (χ3v) is 2.51. The molecular weight excluding hydrogens is 152 g/mol. The number of carbonyl (C=O) groups excluding carboxylic acids is 1. The van der Waals surface area contributed by atoms with Crippen molar-refractivity contribution < 1.29 is 4.79 Å². The lowest BCUT2D eigenvalue weighted by Crippen LogP contribution is -2.35. The van der Waals surface area contributed by atoms with Gasteiger partial charge in [-0.2, -0.15) is 0 Å². The number of hydrogen-bond donors (Lipinski definition) is 1. The van der Waals surface area contributed by atoms with Crippen LogP contribution in [0.5, 0.6) is 0 Å². The molecule has 1 amide bonds. The maximum Gasteiger partial charge on any atom is 0.219 e. The van der Waals surface area contributed by atoms with E-state index in [9.17, 15) is 4.79 Å². The van der Waals surface area contributed by atoms with E-state index in [4.69, 9.17) is 0 Å². The molecule has 70 valence electrons. The third kappa shape index (κ3) is 2.21. The van der Waals surface area contributed by atoms with Crippen LogP contribution in [0.3, 0.4) is 0 Å². The summed E-state index contributed by atoms with van der Waals surface area (Å²) in [6, 6.07) is 0.495. The lowest BCUT2D eigenvalue weighted by atomic mass is 10.1. The van der Waals surface area contributed by atoms with Gasteiger partial charge in [0.25, 0.3) is 0 Å². The van der Waals surface area contributed by atoms with Crippen molar-refractivity contribution in [1.29, 1.82) is 0 Å². The minimum Gasteiger partial charge on any atom is -0.340 e. The first-order valence-corrected chi connectivity index (χ1v) is 4.67. The zero-order valence-corrected chi connectivity index (χ0v) is 7.97. The molecule has 0 radical (unpaired) electrons. The number of nitrogens with one attached hydrogen (secondary N) is 1. The molecule has 0 aliphatic carbocycles. The van der Waals surface area contributed by atoms with Crippen LogP contribution in [0.15, 0.2) is 0 Å². The Morgan fingerprint density at radius 2 is 2.42 bits per heavy atom. The predicted octanol–water partition coefficient (Wildman–Crippen LogP) is 0.607. The topological polar surface area (TPSA) is 32.3 Å². The van der Waals surface area contributed by atoms with Crippen LogP contribution in [0.1, 0.15) is 26.2 Å². The zero-order chi connectivity index (χ0) is 8.97. The normalized spacial score (nSPS) is 23.2. The second-order valence-corrected chi connectivity index (χ2v) is 3.40. The number of nitrogens with zero attached hydrogens (tertiary/aromatic N) is 1. The third-order valence-electron chi connectivity index (χ3n) is 2.51. The van der Waals surface area contributed by atoms with Crippen LogP contribution < -0.4 is 5.32 Å². The first-order chi connectivity index (χ1) is 5.75. The summed E-state index contributed by atoms with van der Waals surface area (Å²) in [4.78, 5) is 13.1. The van der Waals surface area contributed by atoms with Crippen LogP contribution in [0.4, 0.5) is 0 Å². The van der Waals surface area contributed by atoms with Gasteiger partial charge in [-0.1, -0.05) is 0 Å². The van der Waals surface area contributed by atoms with E-state index in [0.29, 0.717) is 6.04 Å². The molecule has 1 fully saturated rings. The monoisotopic (exact) mass is 170 g/mol. The van der Waals surface area contributed by atoms with Gasteiger partial charge in [0.2, 0.25) is 5.91 Å². The standard InChI is InChI=1S/C9H18N2O/c1-8(12)11-7-3-4-9(11)5-6-10-2/h9-10H,3-7H2,1-2H3. The Kier molecular flexibility index (Phi) is 3.53. The molecule has 0 aromatic carbocycles. The second kappa shape index (κ2) is 4.45. The molecule has 1 aliphatic heterocycles. The van der Waals surface area contributed by atoms with Gasteiger partial charge in [-0.25, -0.2) is 0 Å². The number of rotatable bonds is 3. The van der Waals surface area contributed by atoms with E-state index in [0.717, 1.165) is 19.5 Å². The van der Waals surface area contributed by atoms with Crippen molar-refractivity contribution in [2.24, 2.45) is 0 Å². The highest BCUT2D eigenvalue weighted by Gasteiger charge is 2.25. The Morgan fingerprint density at radius 1 is 1.67 bits per heavy atom. The van der Waals surface area contributed by atoms with Crippen LogP contribution in [0.25, 0.3) is 0 Å². The van der Waals surface area contributed by atoms with Crippen LogP contribution in [-0.2, 0) is 4.79 Å². The van der Waals surface area contributed by atoms with Crippen molar-refractivity contribution in [1.82, 2.24) is 10.2 Å². The Hall–Kier alpha value is -0.570. The van der Waals surface area contributed by atoms with Crippen molar-refractivity contribution in [2.75, 3.05) is 20.1 Å². The van der Waals surface area contributed by atoms with Gasteiger partial charge in [0.05, 0.1) is 0 Å². The lowest BCUT2D eigenvalue weighted by molar-refractivity contribution is -0.129. The zero-order valence-electron chi connectivity index (χ0n) is 7.97. The van der Waals surface area contributed by atoms with Crippen molar-refractivity contribution in [2.45, 2.75) is 32.2 Å². The van der Waals surface area contributed by atoms with E-state index < -0.39 is 0 Å². The molecular formula is C9H18N2O. The number of hydrogen-bond acceptors (Lipinski definition) is 2. The number of carbonyl (C=O) groups is 1. The number of amides is 1.